The highest BCUT2D eigenvalue weighted by Gasteiger charge is 2.14. The second-order valence-electron chi connectivity index (χ2n) is 6.45. The predicted molar refractivity (Wildman–Crippen MR) is 100 cm³/mol. The summed E-state index contributed by atoms with van der Waals surface area (Å²) in [6, 6.07) is 14.8. The van der Waals surface area contributed by atoms with Crippen molar-refractivity contribution in [1.82, 2.24) is 0 Å². The van der Waals surface area contributed by atoms with Crippen molar-refractivity contribution < 1.29 is 19.2 Å². The Morgan fingerprint density at radius 1 is 0.923 bits per heavy atom. The Labute approximate surface area is 153 Å². The van der Waals surface area contributed by atoms with E-state index in [1.165, 1.54) is 17.4 Å². The van der Waals surface area contributed by atoms with Gasteiger partial charge in [-0.3, -0.25) is 9.59 Å². The van der Waals surface area contributed by atoms with Crippen molar-refractivity contribution in [1.29, 1.82) is 0 Å². The van der Waals surface area contributed by atoms with Crippen LogP contribution in [-0.4, -0.2) is 38.1 Å². The molecule has 0 spiro atoms. The number of rotatable bonds is 5. The molecule has 3 N–H and O–H groups in total. The summed E-state index contributed by atoms with van der Waals surface area (Å²) in [6.45, 7) is 6.09. The van der Waals surface area contributed by atoms with Gasteiger partial charge in [-0.15, -0.1) is 0 Å². The molecule has 1 heterocycles. The van der Waals surface area contributed by atoms with Crippen LogP contribution in [0.15, 0.2) is 48.5 Å². The van der Waals surface area contributed by atoms with E-state index in [9.17, 15) is 9.59 Å². The van der Waals surface area contributed by atoms with Gasteiger partial charge in [-0.25, -0.2) is 0 Å². The number of morpholine rings is 1. The van der Waals surface area contributed by atoms with Crippen LogP contribution in [0.5, 0.6) is 0 Å². The van der Waals surface area contributed by atoms with Gasteiger partial charge in [0.25, 0.3) is 5.91 Å². The van der Waals surface area contributed by atoms with Gasteiger partial charge in [-0.05, 0) is 36.4 Å². The molecule has 6 heteroatoms. The van der Waals surface area contributed by atoms with Gasteiger partial charge < -0.3 is 20.3 Å². The Hall–Kier alpha value is -2.70. The molecule has 0 unspecified atom stereocenters. The monoisotopic (exact) mass is 354 g/mol. The first-order valence-electron chi connectivity index (χ1n) is 8.79. The van der Waals surface area contributed by atoms with Crippen molar-refractivity contribution >= 4 is 23.2 Å². The SMILES string of the molecule is CC(=O)Nc1ccc(NC(=O)c2ccc(C[NH+]3CCOCC3)cc2)cc1. The van der Waals surface area contributed by atoms with Crippen LogP contribution in [-0.2, 0) is 16.1 Å². The van der Waals surface area contributed by atoms with E-state index in [1.807, 2.05) is 24.3 Å². The minimum Gasteiger partial charge on any atom is -0.370 e. The van der Waals surface area contributed by atoms with Gasteiger partial charge in [0.1, 0.15) is 19.6 Å². The molecular formula is C20H24N3O3+. The van der Waals surface area contributed by atoms with Gasteiger partial charge in [0.2, 0.25) is 5.91 Å². The molecule has 1 aliphatic heterocycles. The summed E-state index contributed by atoms with van der Waals surface area (Å²) in [5.41, 5.74) is 3.23. The molecule has 0 radical (unpaired) electrons. The lowest BCUT2D eigenvalue weighted by atomic mass is 10.1. The Balaban J connectivity index is 1.56. The van der Waals surface area contributed by atoms with Crippen molar-refractivity contribution in [3.05, 3.63) is 59.7 Å². The van der Waals surface area contributed by atoms with Crippen molar-refractivity contribution in [3.8, 4) is 0 Å². The number of hydrogen-bond donors (Lipinski definition) is 3. The van der Waals surface area contributed by atoms with Crippen molar-refractivity contribution in [2.45, 2.75) is 13.5 Å². The van der Waals surface area contributed by atoms with Crippen LogP contribution in [0.2, 0.25) is 0 Å². The van der Waals surface area contributed by atoms with Crippen LogP contribution in [0.4, 0.5) is 11.4 Å². The molecule has 2 aromatic carbocycles. The zero-order chi connectivity index (χ0) is 18.4. The normalized spacial score (nSPS) is 14.7. The average Bonchev–Trinajstić information content (AvgIpc) is 2.64. The molecule has 2 aromatic rings. The molecule has 136 valence electrons. The molecule has 0 bridgehead atoms. The number of benzene rings is 2. The number of carbonyl (C=O) groups excluding carboxylic acids is 2. The summed E-state index contributed by atoms with van der Waals surface area (Å²) < 4.78 is 5.38. The molecule has 0 aliphatic carbocycles. The highest BCUT2D eigenvalue weighted by atomic mass is 16.5. The van der Waals surface area contributed by atoms with Crippen LogP contribution < -0.4 is 15.5 Å². The number of ether oxygens (including phenoxy) is 1. The lowest BCUT2D eigenvalue weighted by Crippen LogP contribution is -3.12. The van der Waals surface area contributed by atoms with E-state index in [-0.39, 0.29) is 11.8 Å². The van der Waals surface area contributed by atoms with Gasteiger partial charge in [0.15, 0.2) is 0 Å². The highest BCUT2D eigenvalue weighted by molar-refractivity contribution is 6.04. The first-order valence-corrected chi connectivity index (χ1v) is 8.79. The summed E-state index contributed by atoms with van der Waals surface area (Å²) in [4.78, 5) is 24.9. The third-order valence-electron chi connectivity index (χ3n) is 4.33. The minimum atomic E-state index is -0.150. The molecule has 26 heavy (non-hydrogen) atoms. The second-order valence-corrected chi connectivity index (χ2v) is 6.45. The predicted octanol–water partition coefficient (Wildman–Crippen LogP) is 1.31. The Morgan fingerprint density at radius 3 is 2.08 bits per heavy atom. The summed E-state index contributed by atoms with van der Waals surface area (Å²) >= 11 is 0. The number of amides is 2. The van der Waals surface area contributed by atoms with Crippen LogP contribution >= 0.6 is 0 Å². The van der Waals surface area contributed by atoms with Crippen LogP contribution in [0.3, 0.4) is 0 Å². The minimum absolute atomic E-state index is 0.124. The topological polar surface area (TPSA) is 71.9 Å². The summed E-state index contributed by atoms with van der Waals surface area (Å²) in [5, 5.41) is 5.56. The zero-order valence-corrected chi connectivity index (χ0v) is 14.9. The lowest BCUT2D eigenvalue weighted by molar-refractivity contribution is -0.921. The van der Waals surface area contributed by atoms with Gasteiger partial charge >= 0.3 is 0 Å². The molecule has 0 aromatic heterocycles. The van der Waals surface area contributed by atoms with Crippen LogP contribution in [0.1, 0.15) is 22.8 Å². The van der Waals surface area contributed by atoms with E-state index >= 15 is 0 Å². The van der Waals surface area contributed by atoms with Gasteiger partial charge in [-0.1, -0.05) is 12.1 Å². The fourth-order valence-corrected chi connectivity index (χ4v) is 2.94. The highest BCUT2D eigenvalue weighted by Crippen LogP contribution is 2.15. The summed E-state index contributed by atoms with van der Waals surface area (Å²) in [6.07, 6.45) is 0. The molecule has 3 rings (SSSR count). The van der Waals surface area contributed by atoms with Gasteiger partial charge in [0.05, 0.1) is 13.2 Å². The Kier molecular flexibility index (Phi) is 5.99. The molecular weight excluding hydrogens is 330 g/mol. The average molecular weight is 354 g/mol. The fraction of sp³-hybridized carbons (Fsp3) is 0.300. The molecule has 6 nitrogen and oxygen atoms in total. The second kappa shape index (κ2) is 8.60. The number of nitrogens with one attached hydrogen (secondary N) is 3. The molecule has 0 atom stereocenters. The fourth-order valence-electron chi connectivity index (χ4n) is 2.94. The lowest BCUT2D eigenvalue weighted by Gasteiger charge is -2.23. The van der Waals surface area contributed by atoms with Gasteiger partial charge in [0, 0.05) is 29.4 Å². The largest absolute Gasteiger partial charge is 0.370 e. The number of carbonyl (C=O) groups is 2. The third-order valence-corrected chi connectivity index (χ3v) is 4.33. The molecule has 1 aliphatic rings. The van der Waals surface area contributed by atoms with Crippen molar-refractivity contribution in [2.75, 3.05) is 36.9 Å². The summed E-state index contributed by atoms with van der Waals surface area (Å²) in [5.74, 6) is -0.275. The Bertz CT molecular complexity index is 751. The summed E-state index contributed by atoms with van der Waals surface area (Å²) in [7, 11) is 0. The van der Waals surface area contributed by atoms with E-state index in [0.717, 1.165) is 32.8 Å². The molecule has 0 saturated carbocycles. The van der Waals surface area contributed by atoms with E-state index in [2.05, 4.69) is 10.6 Å². The van der Waals surface area contributed by atoms with Crippen molar-refractivity contribution in [3.63, 3.8) is 0 Å². The maximum Gasteiger partial charge on any atom is 0.255 e. The Morgan fingerprint density at radius 2 is 1.50 bits per heavy atom. The van der Waals surface area contributed by atoms with Crippen LogP contribution in [0, 0.1) is 0 Å². The van der Waals surface area contributed by atoms with E-state index in [0.29, 0.717) is 16.9 Å². The maximum atomic E-state index is 12.4. The first-order chi connectivity index (χ1) is 12.6. The van der Waals surface area contributed by atoms with E-state index < -0.39 is 0 Å². The molecule has 1 saturated heterocycles. The van der Waals surface area contributed by atoms with Gasteiger partial charge in [-0.2, -0.15) is 0 Å². The van der Waals surface area contributed by atoms with Crippen molar-refractivity contribution in [2.24, 2.45) is 0 Å². The quantitative estimate of drug-likeness (QED) is 0.758. The molecule has 2 amide bonds. The number of quaternary nitrogens is 1. The first kappa shape index (κ1) is 18.1. The zero-order valence-electron chi connectivity index (χ0n) is 14.9. The van der Waals surface area contributed by atoms with E-state index in [1.54, 1.807) is 24.3 Å². The van der Waals surface area contributed by atoms with Crippen LogP contribution in [0.25, 0.3) is 0 Å². The van der Waals surface area contributed by atoms with E-state index in [4.69, 9.17) is 4.74 Å². The third kappa shape index (κ3) is 5.15. The maximum absolute atomic E-state index is 12.4. The number of anilines is 2. The standard InChI is InChI=1S/C20H23N3O3/c1-15(24)21-18-6-8-19(9-7-18)22-20(25)17-4-2-16(3-5-17)14-23-10-12-26-13-11-23/h2-9H,10-14H2,1H3,(H,21,24)(H,22,25)/p+1. The number of hydrogen-bond acceptors (Lipinski definition) is 3. The molecule has 1 fully saturated rings. The smallest absolute Gasteiger partial charge is 0.255 e.